The molecule has 0 bridgehead atoms. The maximum Gasteiger partial charge on any atom is 0.257 e. The Kier molecular flexibility index (Phi) is 5.43. The van der Waals surface area contributed by atoms with E-state index >= 15 is 0 Å². The molecule has 1 amide bonds. The number of nitrogens with zero attached hydrogens (tertiary/aromatic N) is 1. The molecule has 1 saturated heterocycles. The molecule has 1 fully saturated rings. The van der Waals surface area contributed by atoms with Crippen molar-refractivity contribution in [1.29, 1.82) is 0 Å². The van der Waals surface area contributed by atoms with E-state index < -0.39 is 0 Å². The monoisotopic (exact) mass is 324 g/mol. The van der Waals surface area contributed by atoms with E-state index in [4.69, 9.17) is 26.4 Å². The maximum atomic E-state index is 12.4. The first kappa shape index (κ1) is 16.4. The summed E-state index contributed by atoms with van der Waals surface area (Å²) in [6.45, 7) is 1.77. The van der Waals surface area contributed by atoms with Crippen molar-refractivity contribution in [3.63, 3.8) is 0 Å². The quantitative estimate of drug-likeness (QED) is 0.853. The number of carbonyl (C=O) groups is 1. The van der Waals surface area contributed by atoms with Crippen LogP contribution >= 0.6 is 12.2 Å². The SMILES string of the molecule is COc1cc(C(=O)NC(=S)N2CCCC2)cc(OC)c1OC. The summed E-state index contributed by atoms with van der Waals surface area (Å²) in [4.78, 5) is 14.4. The van der Waals surface area contributed by atoms with E-state index in [-0.39, 0.29) is 5.91 Å². The van der Waals surface area contributed by atoms with Gasteiger partial charge in [0.05, 0.1) is 21.3 Å². The second-order valence-corrected chi connectivity index (χ2v) is 5.25. The number of amides is 1. The van der Waals surface area contributed by atoms with Crippen molar-refractivity contribution in [3.8, 4) is 17.2 Å². The highest BCUT2D eigenvalue weighted by Gasteiger charge is 2.20. The molecule has 0 radical (unpaired) electrons. The fourth-order valence-electron chi connectivity index (χ4n) is 2.38. The molecular weight excluding hydrogens is 304 g/mol. The molecule has 6 nitrogen and oxygen atoms in total. The number of nitrogens with one attached hydrogen (secondary N) is 1. The van der Waals surface area contributed by atoms with Crippen LogP contribution in [-0.4, -0.2) is 50.3 Å². The average Bonchev–Trinajstić information content (AvgIpc) is 3.07. The molecule has 1 aromatic carbocycles. The topological polar surface area (TPSA) is 60.0 Å². The molecule has 22 heavy (non-hydrogen) atoms. The summed E-state index contributed by atoms with van der Waals surface area (Å²) in [7, 11) is 4.53. The van der Waals surface area contributed by atoms with Gasteiger partial charge in [0.15, 0.2) is 16.6 Å². The minimum atomic E-state index is -0.295. The average molecular weight is 324 g/mol. The Labute approximate surface area is 135 Å². The molecule has 1 aromatic rings. The highest BCUT2D eigenvalue weighted by Crippen LogP contribution is 2.38. The van der Waals surface area contributed by atoms with Gasteiger partial charge in [-0.05, 0) is 37.2 Å². The van der Waals surface area contributed by atoms with E-state index in [2.05, 4.69) is 5.32 Å². The number of carbonyl (C=O) groups excluding carboxylic acids is 1. The minimum absolute atomic E-state index is 0.295. The largest absolute Gasteiger partial charge is 0.493 e. The first-order chi connectivity index (χ1) is 10.6. The Morgan fingerprint density at radius 2 is 1.64 bits per heavy atom. The minimum Gasteiger partial charge on any atom is -0.493 e. The second-order valence-electron chi connectivity index (χ2n) is 4.87. The number of methoxy groups -OCH3 is 3. The highest BCUT2D eigenvalue weighted by molar-refractivity contribution is 7.80. The van der Waals surface area contributed by atoms with Gasteiger partial charge in [0.25, 0.3) is 5.91 Å². The molecule has 0 saturated carbocycles. The van der Waals surface area contributed by atoms with Crippen LogP contribution in [0.3, 0.4) is 0 Å². The molecule has 2 rings (SSSR count). The summed E-state index contributed by atoms with van der Waals surface area (Å²) in [5, 5.41) is 3.20. The highest BCUT2D eigenvalue weighted by atomic mass is 32.1. The number of benzene rings is 1. The first-order valence-electron chi connectivity index (χ1n) is 7.01. The van der Waals surface area contributed by atoms with E-state index in [1.54, 1.807) is 12.1 Å². The van der Waals surface area contributed by atoms with E-state index in [0.717, 1.165) is 25.9 Å². The van der Waals surface area contributed by atoms with Crippen LogP contribution in [0.5, 0.6) is 17.2 Å². The van der Waals surface area contributed by atoms with E-state index in [1.165, 1.54) is 21.3 Å². The molecule has 0 aromatic heterocycles. The number of ether oxygens (including phenoxy) is 3. The Morgan fingerprint density at radius 1 is 1.09 bits per heavy atom. The molecule has 120 valence electrons. The zero-order valence-corrected chi connectivity index (χ0v) is 13.8. The Balaban J connectivity index is 2.20. The van der Waals surface area contributed by atoms with Crippen molar-refractivity contribution < 1.29 is 19.0 Å². The normalized spacial score (nSPS) is 13.7. The number of hydrogen-bond donors (Lipinski definition) is 1. The summed E-state index contributed by atoms with van der Waals surface area (Å²) in [5.74, 6) is 1.01. The number of rotatable bonds is 4. The lowest BCUT2D eigenvalue weighted by Gasteiger charge is -2.19. The van der Waals surface area contributed by atoms with Crippen LogP contribution in [-0.2, 0) is 0 Å². The van der Waals surface area contributed by atoms with Crippen LogP contribution in [0.2, 0.25) is 0 Å². The van der Waals surface area contributed by atoms with Crippen molar-refractivity contribution in [3.05, 3.63) is 17.7 Å². The lowest BCUT2D eigenvalue weighted by atomic mass is 10.1. The van der Waals surface area contributed by atoms with Crippen molar-refractivity contribution in [2.75, 3.05) is 34.4 Å². The molecule has 7 heteroatoms. The van der Waals surface area contributed by atoms with Crippen LogP contribution in [0.4, 0.5) is 0 Å². The predicted octanol–water partition coefficient (Wildman–Crippen LogP) is 1.82. The van der Waals surface area contributed by atoms with Gasteiger partial charge in [-0.1, -0.05) is 0 Å². The van der Waals surface area contributed by atoms with Gasteiger partial charge >= 0.3 is 0 Å². The second kappa shape index (κ2) is 7.31. The Hall–Kier alpha value is -2.02. The lowest BCUT2D eigenvalue weighted by Crippen LogP contribution is -2.41. The van der Waals surface area contributed by atoms with E-state index in [9.17, 15) is 4.79 Å². The molecule has 1 N–H and O–H groups in total. The van der Waals surface area contributed by atoms with Crippen molar-refractivity contribution in [1.82, 2.24) is 10.2 Å². The molecule has 0 unspecified atom stereocenters. The molecule has 1 aliphatic rings. The molecule has 1 heterocycles. The van der Waals surface area contributed by atoms with Gasteiger partial charge in [-0.25, -0.2) is 0 Å². The van der Waals surface area contributed by atoms with Gasteiger partial charge in [-0.15, -0.1) is 0 Å². The molecule has 0 spiro atoms. The van der Waals surface area contributed by atoms with E-state index in [0.29, 0.717) is 27.9 Å². The van der Waals surface area contributed by atoms with Crippen molar-refractivity contribution in [2.45, 2.75) is 12.8 Å². The van der Waals surface area contributed by atoms with Gasteiger partial charge in [0.2, 0.25) is 5.75 Å². The van der Waals surface area contributed by atoms with Crippen molar-refractivity contribution in [2.24, 2.45) is 0 Å². The van der Waals surface area contributed by atoms with Gasteiger partial charge in [-0.3, -0.25) is 10.1 Å². The zero-order valence-electron chi connectivity index (χ0n) is 13.0. The molecular formula is C15H20N2O4S. The summed E-state index contributed by atoms with van der Waals surface area (Å²) < 4.78 is 15.7. The van der Waals surface area contributed by atoms with Crippen LogP contribution in [0, 0.1) is 0 Å². The van der Waals surface area contributed by atoms with Gasteiger partial charge < -0.3 is 19.1 Å². The number of thiocarbonyl (C=S) groups is 1. The van der Waals surface area contributed by atoms with Crippen LogP contribution in [0.25, 0.3) is 0 Å². The van der Waals surface area contributed by atoms with Gasteiger partial charge in [0.1, 0.15) is 0 Å². The fourth-order valence-corrected chi connectivity index (χ4v) is 2.66. The smallest absolute Gasteiger partial charge is 0.257 e. The van der Waals surface area contributed by atoms with Crippen LogP contribution < -0.4 is 19.5 Å². The summed E-state index contributed by atoms with van der Waals surface area (Å²) in [6.07, 6.45) is 2.19. The molecule has 0 aliphatic carbocycles. The maximum absolute atomic E-state index is 12.4. The standard InChI is InChI=1S/C15H20N2O4S/c1-19-11-8-10(9-12(20-2)13(11)21-3)14(18)16-15(22)17-6-4-5-7-17/h8-9H,4-7H2,1-3H3,(H,16,18,22). The predicted molar refractivity (Wildman–Crippen MR) is 87.0 cm³/mol. The third-order valence-corrected chi connectivity index (χ3v) is 3.90. The zero-order chi connectivity index (χ0) is 16.1. The third-order valence-electron chi connectivity index (χ3n) is 3.54. The third kappa shape index (κ3) is 3.41. The Bertz CT molecular complexity index is 546. The van der Waals surface area contributed by atoms with Gasteiger partial charge in [0, 0.05) is 18.7 Å². The summed E-state index contributed by atoms with van der Waals surface area (Å²) >= 11 is 5.27. The molecule has 1 aliphatic heterocycles. The first-order valence-corrected chi connectivity index (χ1v) is 7.41. The fraction of sp³-hybridized carbons (Fsp3) is 0.467. The number of hydrogen-bond acceptors (Lipinski definition) is 5. The summed E-state index contributed by atoms with van der Waals surface area (Å²) in [6, 6.07) is 3.20. The Morgan fingerprint density at radius 3 is 2.09 bits per heavy atom. The van der Waals surface area contributed by atoms with Crippen molar-refractivity contribution >= 4 is 23.2 Å². The molecule has 0 atom stereocenters. The van der Waals surface area contributed by atoms with Crippen LogP contribution in [0.1, 0.15) is 23.2 Å². The lowest BCUT2D eigenvalue weighted by molar-refractivity contribution is 0.0973. The summed E-state index contributed by atoms with van der Waals surface area (Å²) in [5.41, 5.74) is 0.399. The van der Waals surface area contributed by atoms with Crippen LogP contribution in [0.15, 0.2) is 12.1 Å². The number of likely N-dealkylation sites (tertiary alicyclic amines) is 1. The van der Waals surface area contributed by atoms with E-state index in [1.807, 2.05) is 4.90 Å². The van der Waals surface area contributed by atoms with Gasteiger partial charge in [-0.2, -0.15) is 0 Å².